The lowest BCUT2D eigenvalue weighted by Gasteiger charge is -2.30. The van der Waals surface area contributed by atoms with Gasteiger partial charge in [-0.1, -0.05) is 6.92 Å². The van der Waals surface area contributed by atoms with Gasteiger partial charge in [-0.15, -0.1) is 0 Å². The minimum Gasteiger partial charge on any atom is -0.467 e. The van der Waals surface area contributed by atoms with Crippen LogP contribution in [0.15, 0.2) is 27.8 Å². The second-order valence-corrected chi connectivity index (χ2v) is 7.40. The van der Waals surface area contributed by atoms with Gasteiger partial charge in [0.1, 0.15) is 12.4 Å². The Bertz CT molecular complexity index is 496. The van der Waals surface area contributed by atoms with Crippen LogP contribution in [0.5, 0.6) is 0 Å². The van der Waals surface area contributed by atoms with Crippen molar-refractivity contribution >= 4 is 5.96 Å². The predicted molar refractivity (Wildman–Crippen MR) is 111 cm³/mol. The van der Waals surface area contributed by atoms with E-state index in [9.17, 15) is 0 Å². The molecule has 0 aromatic carbocycles. The molecule has 0 amide bonds. The van der Waals surface area contributed by atoms with E-state index in [-0.39, 0.29) is 0 Å². The SMILES string of the molecule is CCNC(=NCCCOCc1ccco1)NCCCCN1CCC(C)CC1. The highest BCUT2D eigenvalue weighted by atomic mass is 16.5. The minimum atomic E-state index is 0.533. The number of piperidine rings is 1. The third-order valence-corrected chi connectivity index (χ3v) is 4.96. The van der Waals surface area contributed by atoms with Crippen LogP contribution in [-0.2, 0) is 11.3 Å². The zero-order valence-corrected chi connectivity index (χ0v) is 17.2. The first kappa shape index (κ1) is 21.8. The van der Waals surface area contributed by atoms with Gasteiger partial charge in [0, 0.05) is 26.2 Å². The van der Waals surface area contributed by atoms with Gasteiger partial charge in [-0.3, -0.25) is 4.99 Å². The topological polar surface area (TPSA) is 62.0 Å². The molecular formula is C21H38N4O2. The van der Waals surface area contributed by atoms with E-state index in [1.54, 1.807) is 6.26 Å². The van der Waals surface area contributed by atoms with E-state index < -0.39 is 0 Å². The van der Waals surface area contributed by atoms with Crippen molar-refractivity contribution in [3.63, 3.8) is 0 Å². The van der Waals surface area contributed by atoms with Gasteiger partial charge in [0.15, 0.2) is 5.96 Å². The van der Waals surface area contributed by atoms with Crippen LogP contribution in [0.1, 0.15) is 51.7 Å². The number of likely N-dealkylation sites (tertiary alicyclic amines) is 1. The highest BCUT2D eigenvalue weighted by Gasteiger charge is 2.14. The summed E-state index contributed by atoms with van der Waals surface area (Å²) in [5.74, 6) is 2.69. The summed E-state index contributed by atoms with van der Waals surface area (Å²) in [5.41, 5.74) is 0. The fourth-order valence-corrected chi connectivity index (χ4v) is 3.22. The van der Waals surface area contributed by atoms with Crippen LogP contribution in [0.4, 0.5) is 0 Å². The molecule has 1 aromatic rings. The van der Waals surface area contributed by atoms with Crippen LogP contribution in [0.2, 0.25) is 0 Å². The normalized spacial score (nSPS) is 16.6. The molecule has 1 saturated heterocycles. The first-order valence-electron chi connectivity index (χ1n) is 10.6. The van der Waals surface area contributed by atoms with Gasteiger partial charge in [-0.25, -0.2) is 0 Å². The Labute approximate surface area is 164 Å². The van der Waals surface area contributed by atoms with Crippen molar-refractivity contribution < 1.29 is 9.15 Å². The zero-order chi connectivity index (χ0) is 19.2. The predicted octanol–water partition coefficient (Wildman–Crippen LogP) is 3.25. The van der Waals surface area contributed by atoms with Crippen molar-refractivity contribution in [2.45, 2.75) is 52.6 Å². The fourth-order valence-electron chi connectivity index (χ4n) is 3.22. The third-order valence-electron chi connectivity index (χ3n) is 4.96. The van der Waals surface area contributed by atoms with Crippen molar-refractivity contribution in [1.82, 2.24) is 15.5 Å². The summed E-state index contributed by atoms with van der Waals surface area (Å²) in [7, 11) is 0. The van der Waals surface area contributed by atoms with Gasteiger partial charge in [-0.05, 0) is 76.7 Å². The summed E-state index contributed by atoms with van der Waals surface area (Å²) < 4.78 is 10.8. The molecule has 1 aliphatic heterocycles. The molecule has 0 bridgehead atoms. The molecule has 0 saturated carbocycles. The van der Waals surface area contributed by atoms with E-state index >= 15 is 0 Å². The molecule has 1 fully saturated rings. The lowest BCUT2D eigenvalue weighted by molar-refractivity contribution is 0.105. The minimum absolute atomic E-state index is 0.533. The molecule has 0 atom stereocenters. The third kappa shape index (κ3) is 9.82. The van der Waals surface area contributed by atoms with Crippen molar-refractivity contribution in [1.29, 1.82) is 0 Å². The van der Waals surface area contributed by atoms with Crippen molar-refractivity contribution in [2.24, 2.45) is 10.9 Å². The molecule has 27 heavy (non-hydrogen) atoms. The maximum absolute atomic E-state index is 5.59. The first-order valence-corrected chi connectivity index (χ1v) is 10.6. The van der Waals surface area contributed by atoms with E-state index in [0.717, 1.165) is 43.7 Å². The molecule has 1 aromatic heterocycles. The van der Waals surface area contributed by atoms with Gasteiger partial charge in [0.2, 0.25) is 0 Å². The van der Waals surface area contributed by atoms with E-state index in [4.69, 9.17) is 9.15 Å². The Morgan fingerprint density at radius 3 is 2.85 bits per heavy atom. The molecule has 0 radical (unpaired) electrons. The van der Waals surface area contributed by atoms with Crippen molar-refractivity contribution in [3.8, 4) is 0 Å². The van der Waals surface area contributed by atoms with Gasteiger partial charge < -0.3 is 24.7 Å². The number of nitrogens with zero attached hydrogens (tertiary/aromatic N) is 2. The number of aliphatic imine (C=N–C) groups is 1. The highest BCUT2D eigenvalue weighted by Crippen LogP contribution is 2.16. The van der Waals surface area contributed by atoms with Crippen LogP contribution < -0.4 is 10.6 Å². The number of guanidine groups is 1. The Morgan fingerprint density at radius 1 is 1.26 bits per heavy atom. The average molecular weight is 379 g/mol. The molecular weight excluding hydrogens is 340 g/mol. The number of nitrogens with one attached hydrogen (secondary N) is 2. The van der Waals surface area contributed by atoms with Crippen LogP contribution in [0.25, 0.3) is 0 Å². The monoisotopic (exact) mass is 378 g/mol. The van der Waals surface area contributed by atoms with Crippen LogP contribution in [0, 0.1) is 5.92 Å². The molecule has 0 unspecified atom stereocenters. The number of furan rings is 1. The number of unbranched alkanes of at least 4 members (excludes halogenated alkanes) is 1. The Kier molecular flexibility index (Phi) is 11.0. The molecule has 154 valence electrons. The molecule has 6 heteroatoms. The summed E-state index contributed by atoms with van der Waals surface area (Å²) in [6, 6.07) is 3.81. The average Bonchev–Trinajstić information content (AvgIpc) is 3.19. The molecule has 0 aliphatic carbocycles. The number of ether oxygens (including phenoxy) is 1. The zero-order valence-electron chi connectivity index (χ0n) is 17.2. The number of hydrogen-bond donors (Lipinski definition) is 2. The first-order chi connectivity index (χ1) is 13.3. The largest absolute Gasteiger partial charge is 0.467 e. The van der Waals surface area contributed by atoms with E-state index in [1.165, 1.54) is 45.3 Å². The van der Waals surface area contributed by atoms with Gasteiger partial charge in [-0.2, -0.15) is 0 Å². The van der Waals surface area contributed by atoms with Gasteiger partial charge in [0.25, 0.3) is 0 Å². The van der Waals surface area contributed by atoms with Gasteiger partial charge >= 0.3 is 0 Å². The molecule has 2 heterocycles. The van der Waals surface area contributed by atoms with Crippen LogP contribution in [-0.4, -0.2) is 56.7 Å². The molecule has 2 rings (SSSR count). The van der Waals surface area contributed by atoms with Crippen molar-refractivity contribution in [3.05, 3.63) is 24.2 Å². The van der Waals surface area contributed by atoms with Crippen molar-refractivity contribution in [2.75, 3.05) is 45.9 Å². The quantitative estimate of drug-likeness (QED) is 0.332. The summed E-state index contributed by atoms with van der Waals surface area (Å²) in [6.07, 6.45) is 7.74. The van der Waals surface area contributed by atoms with Crippen LogP contribution in [0.3, 0.4) is 0 Å². The van der Waals surface area contributed by atoms with Crippen LogP contribution >= 0.6 is 0 Å². The summed E-state index contributed by atoms with van der Waals surface area (Å²) in [6.45, 7) is 12.1. The summed E-state index contributed by atoms with van der Waals surface area (Å²) in [5, 5.41) is 6.76. The number of rotatable bonds is 12. The smallest absolute Gasteiger partial charge is 0.191 e. The Balaban J connectivity index is 1.49. The fraction of sp³-hybridized carbons (Fsp3) is 0.762. The maximum Gasteiger partial charge on any atom is 0.191 e. The molecule has 0 spiro atoms. The second-order valence-electron chi connectivity index (χ2n) is 7.40. The van der Waals surface area contributed by atoms with E-state index in [0.29, 0.717) is 13.2 Å². The molecule has 6 nitrogen and oxygen atoms in total. The second kappa shape index (κ2) is 13.6. The van der Waals surface area contributed by atoms with Gasteiger partial charge in [0.05, 0.1) is 6.26 Å². The lowest BCUT2D eigenvalue weighted by Crippen LogP contribution is -2.38. The number of hydrogen-bond acceptors (Lipinski definition) is 4. The molecule has 2 N–H and O–H groups in total. The maximum atomic E-state index is 5.59. The lowest BCUT2D eigenvalue weighted by atomic mass is 9.99. The standard InChI is InChI=1S/C21H38N4O2/c1-3-22-21(24-12-7-16-26-18-20-8-6-17-27-20)23-11-4-5-13-25-14-9-19(2)10-15-25/h6,8,17,19H,3-5,7,9-16,18H2,1-2H3,(H2,22,23,24). The van der Waals surface area contributed by atoms with E-state index in [2.05, 4.69) is 34.4 Å². The Morgan fingerprint density at radius 2 is 2.11 bits per heavy atom. The summed E-state index contributed by atoms with van der Waals surface area (Å²) >= 11 is 0. The molecule has 1 aliphatic rings. The Hall–Kier alpha value is -1.53. The summed E-state index contributed by atoms with van der Waals surface area (Å²) in [4.78, 5) is 7.24. The van der Waals surface area contributed by atoms with E-state index in [1.807, 2.05) is 12.1 Å². The highest BCUT2D eigenvalue weighted by molar-refractivity contribution is 5.79.